The highest BCUT2D eigenvalue weighted by molar-refractivity contribution is 5.95. The molecule has 1 aromatic heterocycles. The van der Waals surface area contributed by atoms with Gasteiger partial charge in [-0.1, -0.05) is 18.6 Å². The number of aromatic nitrogens is 1. The Balaban J connectivity index is 1.46. The number of amidine groups is 1. The summed E-state index contributed by atoms with van der Waals surface area (Å²) in [6, 6.07) is 9.82. The third kappa shape index (κ3) is 3.32. The van der Waals surface area contributed by atoms with E-state index in [1.165, 1.54) is 0 Å². The lowest BCUT2D eigenvalue weighted by atomic mass is 9.55. The number of nitrogens with zero attached hydrogens (tertiary/aromatic N) is 2. The molecule has 4 heterocycles. The van der Waals surface area contributed by atoms with Crippen molar-refractivity contribution in [2.45, 2.75) is 50.7 Å². The number of unbranched alkanes of at least 4 members (excludes halogenated alkanes) is 1. The van der Waals surface area contributed by atoms with Gasteiger partial charge in [-0.15, -0.1) is 0 Å². The molecule has 2 N–H and O–H groups in total. The maximum Gasteiger partial charge on any atom is 0.283 e. The second-order valence-electron chi connectivity index (χ2n) is 9.73. The van der Waals surface area contributed by atoms with Crippen molar-refractivity contribution in [1.82, 2.24) is 4.98 Å². The van der Waals surface area contributed by atoms with Gasteiger partial charge in [0.05, 0.1) is 18.6 Å². The Morgan fingerprint density at radius 3 is 2.55 bits per heavy atom. The lowest BCUT2D eigenvalue weighted by molar-refractivity contribution is -0.247. The Bertz CT molecular complexity index is 1110. The SMILES string of the molecule is [CH2-]CCCc1ccc(C(=O)Cc2ccc3c(c2)C2(COC(N)=N2)C2(COC2)C(C)(C)O3)nc1. The van der Waals surface area contributed by atoms with E-state index in [-0.39, 0.29) is 18.2 Å². The van der Waals surface area contributed by atoms with Crippen molar-refractivity contribution in [1.29, 1.82) is 0 Å². The largest absolute Gasteiger partial charge is 0.487 e. The molecule has 1 fully saturated rings. The van der Waals surface area contributed by atoms with Gasteiger partial charge in [-0.05, 0) is 49.6 Å². The van der Waals surface area contributed by atoms with Gasteiger partial charge in [-0.3, -0.25) is 9.78 Å². The van der Waals surface area contributed by atoms with E-state index in [9.17, 15) is 4.79 Å². The number of Topliss-reactive ketones (excluding diaryl/α,β-unsaturated/α-hetero) is 1. The van der Waals surface area contributed by atoms with E-state index < -0.39 is 16.6 Å². The van der Waals surface area contributed by atoms with Gasteiger partial charge >= 0.3 is 0 Å². The first-order valence-corrected chi connectivity index (χ1v) is 11.5. The molecule has 0 saturated carbocycles. The van der Waals surface area contributed by atoms with Gasteiger partial charge in [-0.25, -0.2) is 4.99 Å². The van der Waals surface area contributed by atoms with Crippen molar-refractivity contribution >= 4 is 11.8 Å². The molecule has 174 valence electrons. The fraction of sp³-hybridized carbons (Fsp3) is 0.462. The molecule has 0 bridgehead atoms. The molecule has 0 aliphatic carbocycles. The maximum atomic E-state index is 13.0. The molecule has 0 amide bonds. The minimum Gasteiger partial charge on any atom is -0.487 e. The molecule has 3 aliphatic rings. The number of carbonyl (C=O) groups excluding carboxylic acids is 1. The third-order valence-corrected chi connectivity index (χ3v) is 7.42. The lowest BCUT2D eigenvalue weighted by Crippen LogP contribution is -2.71. The molecule has 3 aliphatic heterocycles. The van der Waals surface area contributed by atoms with Crippen molar-refractivity contribution in [2.75, 3.05) is 19.8 Å². The Labute approximate surface area is 194 Å². The first-order valence-electron chi connectivity index (χ1n) is 11.5. The van der Waals surface area contributed by atoms with Crippen LogP contribution in [0, 0.1) is 12.3 Å². The minimum absolute atomic E-state index is 0.0304. The highest BCUT2D eigenvalue weighted by atomic mass is 16.5. The van der Waals surface area contributed by atoms with Crippen LogP contribution in [0.1, 0.15) is 53.9 Å². The van der Waals surface area contributed by atoms with E-state index in [4.69, 9.17) is 24.9 Å². The van der Waals surface area contributed by atoms with E-state index in [1.54, 1.807) is 6.20 Å². The number of ketones is 1. The zero-order valence-electron chi connectivity index (χ0n) is 19.2. The van der Waals surface area contributed by atoms with Gasteiger partial charge in [0.1, 0.15) is 29.2 Å². The number of aryl methyl sites for hydroxylation is 1. The highest BCUT2D eigenvalue weighted by Gasteiger charge is 2.71. The number of ether oxygens (including phenoxy) is 3. The molecular formula is C26H30N3O4-. The molecule has 1 aromatic carbocycles. The summed E-state index contributed by atoms with van der Waals surface area (Å²) in [4.78, 5) is 22.2. The smallest absolute Gasteiger partial charge is 0.283 e. The molecule has 1 atom stereocenters. The summed E-state index contributed by atoms with van der Waals surface area (Å²) < 4.78 is 17.8. The first kappa shape index (κ1) is 21.9. The van der Waals surface area contributed by atoms with Crippen LogP contribution in [0.3, 0.4) is 0 Å². The van der Waals surface area contributed by atoms with Gasteiger partial charge < -0.3 is 26.9 Å². The minimum atomic E-state index is -0.709. The highest BCUT2D eigenvalue weighted by Crippen LogP contribution is 2.62. The van der Waals surface area contributed by atoms with Gasteiger partial charge in [-0.2, -0.15) is 6.42 Å². The van der Waals surface area contributed by atoms with Gasteiger partial charge in [0.2, 0.25) is 0 Å². The number of pyridine rings is 1. The number of aliphatic imine (C=N–C) groups is 1. The second-order valence-corrected chi connectivity index (χ2v) is 9.73. The zero-order chi connectivity index (χ0) is 23.3. The number of hydrogen-bond acceptors (Lipinski definition) is 7. The molecule has 7 nitrogen and oxygen atoms in total. The Hall–Kier alpha value is -2.93. The average molecular weight is 449 g/mol. The van der Waals surface area contributed by atoms with Crippen LogP contribution in [0.4, 0.5) is 0 Å². The molecule has 1 unspecified atom stereocenters. The van der Waals surface area contributed by atoms with Crippen LogP contribution in [-0.2, 0) is 27.9 Å². The summed E-state index contributed by atoms with van der Waals surface area (Å²) in [5.74, 6) is 0.709. The van der Waals surface area contributed by atoms with Crippen LogP contribution in [-0.4, -0.2) is 42.2 Å². The van der Waals surface area contributed by atoms with Gasteiger partial charge in [0.15, 0.2) is 5.78 Å². The molecular weight excluding hydrogens is 418 g/mol. The van der Waals surface area contributed by atoms with Crippen molar-refractivity contribution in [3.8, 4) is 5.75 Å². The van der Waals surface area contributed by atoms with Crippen molar-refractivity contribution in [2.24, 2.45) is 16.1 Å². The Kier molecular flexibility index (Phi) is 5.20. The average Bonchev–Trinajstić information content (AvgIpc) is 3.13. The van der Waals surface area contributed by atoms with Crippen LogP contribution in [0.5, 0.6) is 5.75 Å². The standard InChI is InChI=1S/C26H30N3O4/c1-4-5-6-17-7-9-20(28-13-17)21(30)12-18-8-10-22-19(11-18)26(16-32-23(27)29-26)25(14-31-15-25)24(2,3)33-22/h7-11,13H,1,4-6,12,14-16H2,2-3H3,(H2,27,29)/q-1. The second kappa shape index (κ2) is 7.83. The lowest BCUT2D eigenvalue weighted by Gasteiger charge is -2.61. The van der Waals surface area contributed by atoms with E-state index >= 15 is 0 Å². The summed E-state index contributed by atoms with van der Waals surface area (Å²) >= 11 is 0. The number of fused-ring (bicyclic) bond motifs is 3. The third-order valence-electron chi connectivity index (χ3n) is 7.42. The van der Waals surface area contributed by atoms with Gasteiger partial charge in [0.25, 0.3) is 6.02 Å². The molecule has 1 saturated heterocycles. The summed E-state index contributed by atoms with van der Waals surface area (Å²) in [7, 11) is 0. The Morgan fingerprint density at radius 1 is 1.15 bits per heavy atom. The summed E-state index contributed by atoms with van der Waals surface area (Å²) in [6.45, 7) is 9.34. The number of rotatable bonds is 6. The summed E-state index contributed by atoms with van der Waals surface area (Å²) in [5, 5.41) is 0. The van der Waals surface area contributed by atoms with E-state index in [0.29, 0.717) is 25.5 Å². The molecule has 2 aromatic rings. The summed E-state index contributed by atoms with van der Waals surface area (Å²) in [5.41, 5.74) is 7.73. The first-order chi connectivity index (χ1) is 15.8. The molecule has 7 heteroatoms. The van der Waals surface area contributed by atoms with Crippen molar-refractivity contribution in [3.05, 3.63) is 65.8 Å². The number of nitrogens with two attached hydrogens (primary N) is 1. The number of benzene rings is 1. The zero-order valence-corrected chi connectivity index (χ0v) is 19.2. The maximum absolute atomic E-state index is 13.0. The molecule has 0 radical (unpaired) electrons. The normalized spacial score (nSPS) is 23.9. The quantitative estimate of drug-likeness (QED) is 0.538. The topological polar surface area (TPSA) is 96.0 Å². The van der Waals surface area contributed by atoms with Crippen LogP contribution < -0.4 is 10.5 Å². The molecule has 2 spiro atoms. The van der Waals surface area contributed by atoms with Crippen LogP contribution >= 0.6 is 0 Å². The van der Waals surface area contributed by atoms with Crippen molar-refractivity contribution < 1.29 is 19.0 Å². The summed E-state index contributed by atoms with van der Waals surface area (Å²) in [6.07, 6.45) is 4.84. The van der Waals surface area contributed by atoms with E-state index in [0.717, 1.165) is 41.7 Å². The Morgan fingerprint density at radius 2 is 1.94 bits per heavy atom. The predicted octanol–water partition coefficient (Wildman–Crippen LogP) is 3.39. The molecule has 5 rings (SSSR count). The fourth-order valence-corrected chi connectivity index (χ4v) is 5.28. The number of hydrogen-bond donors (Lipinski definition) is 1. The van der Waals surface area contributed by atoms with Crippen molar-refractivity contribution in [3.63, 3.8) is 0 Å². The van der Waals surface area contributed by atoms with E-state index in [1.807, 2.05) is 30.3 Å². The predicted molar refractivity (Wildman–Crippen MR) is 124 cm³/mol. The van der Waals surface area contributed by atoms with Crippen LogP contribution in [0.25, 0.3) is 0 Å². The number of carbonyl (C=O) groups is 1. The van der Waals surface area contributed by atoms with Gasteiger partial charge in [0, 0.05) is 18.2 Å². The van der Waals surface area contributed by atoms with Crippen LogP contribution in [0.15, 0.2) is 41.5 Å². The van der Waals surface area contributed by atoms with E-state index in [2.05, 4.69) is 25.8 Å². The monoisotopic (exact) mass is 448 g/mol. The van der Waals surface area contributed by atoms with Crippen LogP contribution in [0.2, 0.25) is 0 Å². The fourth-order valence-electron chi connectivity index (χ4n) is 5.28. The molecule has 33 heavy (non-hydrogen) atoms.